The molecule has 82 heavy (non-hydrogen) atoms. The first-order valence-corrected chi connectivity index (χ1v) is 24.9. The lowest BCUT2D eigenvalue weighted by Crippen LogP contribution is -2.47. The normalized spacial score (nSPS) is 17.9. The average molecular weight is 1290 g/mol. The molecule has 40 heteroatoms. The summed E-state index contributed by atoms with van der Waals surface area (Å²) in [6, 6.07) is 0. The number of aliphatic hydroxyl groups is 24. The highest BCUT2D eigenvalue weighted by Gasteiger charge is 2.35. The largest absolute Gasteiger partial charge is 0.391 e. The molecular formula is C42H88O36P4. The molecule has 0 aliphatic carbocycles. The average Bonchev–Trinajstić information content (AvgIpc) is 3.44. The minimum Gasteiger partial charge on any atom is -0.391 e. The van der Waals surface area contributed by atoms with Crippen molar-refractivity contribution in [2.45, 2.75) is 164 Å². The van der Waals surface area contributed by atoms with E-state index in [0.29, 0.717) is 12.6 Å². The Kier molecular flexibility index (Phi) is 69.6. The van der Waals surface area contributed by atoms with Gasteiger partial charge in [-0.15, -0.1) is 0 Å². The lowest BCUT2D eigenvalue weighted by atomic mass is 10.0. The summed E-state index contributed by atoms with van der Waals surface area (Å²) in [4.78, 5) is 82.3. The SMILES string of the molecule is CC(O)C(O)C(O)C(O)C(=O)CO.CC(O)C(O)C(O)C(O)C(=O)CO.CC(O)C(O)C(O)C(O)C(=O)COP.CC(O)C(O)C(O)C(O)C(=O)COP.CC(O)C(O)C=O.CC(O)C(O)C=O.O=C(CO)COP.O=C(CO)COP. The molecule has 0 aliphatic rings. The zero-order valence-corrected chi connectivity index (χ0v) is 49.9. The molecule has 0 aliphatic heterocycles. The molecule has 24 atom stereocenters. The van der Waals surface area contributed by atoms with Crippen LogP contribution in [0.25, 0.3) is 0 Å². The molecule has 0 amide bonds. The van der Waals surface area contributed by atoms with E-state index in [2.05, 4.69) is 18.1 Å². The van der Waals surface area contributed by atoms with Gasteiger partial charge in [0.2, 0.25) is 0 Å². The van der Waals surface area contributed by atoms with E-state index in [1.807, 2.05) is 37.9 Å². The Morgan fingerprint density at radius 2 is 0.488 bits per heavy atom. The Hall–Kier alpha value is -2.04. The molecule has 24 N–H and O–H groups in total. The molecule has 0 aromatic heterocycles. The van der Waals surface area contributed by atoms with Gasteiger partial charge in [0.25, 0.3) is 0 Å². The Labute approximate surface area is 479 Å². The number of rotatable bonds is 32. The molecule has 0 saturated heterocycles. The van der Waals surface area contributed by atoms with Crippen LogP contribution in [-0.2, 0) is 56.5 Å². The van der Waals surface area contributed by atoms with Crippen molar-refractivity contribution in [3.05, 3.63) is 0 Å². The fraction of sp³-hybridized carbons (Fsp3) is 0.810. The second kappa shape index (κ2) is 59.3. The molecule has 0 spiro atoms. The van der Waals surface area contributed by atoms with Gasteiger partial charge < -0.3 is 150 Å². The van der Waals surface area contributed by atoms with E-state index in [9.17, 15) is 58.8 Å². The van der Waals surface area contributed by atoms with Crippen molar-refractivity contribution >= 4 is 85.1 Å². The Morgan fingerprint density at radius 3 is 0.585 bits per heavy atom. The Bertz CT molecular complexity index is 1500. The molecule has 24 unspecified atom stereocenters. The second-order valence-electron chi connectivity index (χ2n) is 16.2. The predicted molar refractivity (Wildman–Crippen MR) is 287 cm³/mol. The minimum absolute atomic E-state index is 0.0266. The number of aldehydes is 2. The fourth-order valence-electron chi connectivity index (χ4n) is 3.68. The van der Waals surface area contributed by atoms with Gasteiger partial charge in [0.05, 0.1) is 36.6 Å². The van der Waals surface area contributed by atoms with Crippen LogP contribution in [0.2, 0.25) is 0 Å². The third-order valence-electron chi connectivity index (χ3n) is 8.86. The van der Waals surface area contributed by atoms with Crippen LogP contribution in [0.15, 0.2) is 0 Å². The number of hydrogen-bond donors (Lipinski definition) is 24. The monoisotopic (exact) mass is 1290 g/mol. The van der Waals surface area contributed by atoms with E-state index in [1.165, 1.54) is 41.5 Å². The quantitative estimate of drug-likeness (QED) is 0.0220. The summed E-state index contributed by atoms with van der Waals surface area (Å²) in [6.45, 7) is 3.99. The van der Waals surface area contributed by atoms with Gasteiger partial charge >= 0.3 is 0 Å². The Morgan fingerprint density at radius 1 is 0.305 bits per heavy atom. The summed E-state index contributed by atoms with van der Waals surface area (Å²) < 4.78 is 17.3. The molecule has 0 aromatic carbocycles. The van der Waals surface area contributed by atoms with Gasteiger partial charge in [-0.1, -0.05) is 0 Å². The lowest BCUT2D eigenvalue weighted by molar-refractivity contribution is -0.146. The fourth-order valence-corrected chi connectivity index (χ4v) is 4.38. The van der Waals surface area contributed by atoms with E-state index in [-0.39, 0.29) is 24.8 Å². The van der Waals surface area contributed by atoms with E-state index >= 15 is 0 Å². The third kappa shape index (κ3) is 52.3. The smallest absolute Gasteiger partial charge is 0.189 e. The maximum absolute atomic E-state index is 11.0. The van der Waals surface area contributed by atoms with Crippen LogP contribution in [-0.4, -0.2) is 345 Å². The van der Waals surface area contributed by atoms with Crippen LogP contribution in [0.1, 0.15) is 41.5 Å². The number of Topliss-reactive ketones (excluding diaryl/α,β-unsaturated/α-hetero) is 6. The molecule has 0 heterocycles. The summed E-state index contributed by atoms with van der Waals surface area (Å²) in [7, 11) is 7.48. The van der Waals surface area contributed by atoms with Gasteiger partial charge in [0, 0.05) is 37.9 Å². The first-order chi connectivity index (χ1) is 37.6. The number of carbonyl (C=O) groups excluding carboxylic acids is 8. The highest BCUT2D eigenvalue weighted by atomic mass is 31.0. The molecule has 0 fully saturated rings. The highest BCUT2D eigenvalue weighted by molar-refractivity contribution is 7.10. The first-order valence-electron chi connectivity index (χ1n) is 23.0. The van der Waals surface area contributed by atoms with Crippen LogP contribution in [0.4, 0.5) is 0 Å². The molecule has 492 valence electrons. The van der Waals surface area contributed by atoms with Gasteiger partial charge in [-0.2, -0.15) is 0 Å². The molecule has 0 saturated carbocycles. The van der Waals surface area contributed by atoms with Crippen LogP contribution in [0, 0.1) is 0 Å². The van der Waals surface area contributed by atoms with Crippen LogP contribution in [0.3, 0.4) is 0 Å². The molecule has 36 nitrogen and oxygen atoms in total. The van der Waals surface area contributed by atoms with Crippen molar-refractivity contribution in [3.63, 3.8) is 0 Å². The maximum atomic E-state index is 11.0. The zero-order valence-electron chi connectivity index (χ0n) is 45.3. The molecule has 0 aromatic rings. The van der Waals surface area contributed by atoms with E-state index in [4.69, 9.17) is 102 Å². The van der Waals surface area contributed by atoms with Crippen molar-refractivity contribution in [2.75, 3.05) is 52.9 Å². The van der Waals surface area contributed by atoms with Crippen molar-refractivity contribution < 1.29 is 179 Å². The topological polar surface area (TPSA) is 659 Å². The lowest BCUT2D eigenvalue weighted by Gasteiger charge is -2.23. The number of ketones is 6. The maximum Gasteiger partial charge on any atom is 0.189 e. The van der Waals surface area contributed by atoms with E-state index in [0.717, 1.165) is 0 Å². The summed E-state index contributed by atoms with van der Waals surface area (Å²) >= 11 is 0. The van der Waals surface area contributed by atoms with Crippen LogP contribution >= 0.6 is 37.9 Å². The Balaban J connectivity index is -0.000000130. The number of aliphatic hydroxyl groups excluding tert-OH is 24. The second-order valence-corrected chi connectivity index (χ2v) is 17.6. The van der Waals surface area contributed by atoms with Crippen molar-refractivity contribution in [3.8, 4) is 0 Å². The summed E-state index contributed by atoms with van der Waals surface area (Å²) in [6.07, 6.45) is -29.4. The minimum atomic E-state index is -1.88. The molecular weight excluding hydrogens is 1200 g/mol. The van der Waals surface area contributed by atoms with E-state index in [1.54, 1.807) is 0 Å². The highest BCUT2D eigenvalue weighted by Crippen LogP contribution is 2.09. The number of hydrogen-bond acceptors (Lipinski definition) is 36. The number of carbonyl (C=O) groups is 8. The van der Waals surface area contributed by atoms with Gasteiger partial charge in [-0.3, -0.25) is 28.8 Å². The van der Waals surface area contributed by atoms with Crippen LogP contribution < -0.4 is 0 Å². The third-order valence-corrected chi connectivity index (χ3v) is 9.53. The van der Waals surface area contributed by atoms with Gasteiger partial charge in [0.1, 0.15) is 138 Å². The van der Waals surface area contributed by atoms with Gasteiger partial charge in [-0.25, -0.2) is 0 Å². The van der Waals surface area contributed by atoms with Crippen molar-refractivity contribution in [1.82, 2.24) is 0 Å². The van der Waals surface area contributed by atoms with Crippen molar-refractivity contribution in [1.29, 1.82) is 0 Å². The summed E-state index contributed by atoms with van der Waals surface area (Å²) in [5.74, 6) is -4.18. The van der Waals surface area contributed by atoms with Crippen molar-refractivity contribution in [2.24, 2.45) is 0 Å². The zero-order chi connectivity index (χ0) is 66.9. The summed E-state index contributed by atoms with van der Waals surface area (Å²) in [5.41, 5.74) is 0. The molecule has 0 rings (SSSR count). The molecule has 0 radical (unpaired) electrons. The van der Waals surface area contributed by atoms with Crippen LogP contribution in [0.5, 0.6) is 0 Å². The van der Waals surface area contributed by atoms with Gasteiger partial charge in [-0.05, 0) is 41.5 Å². The first kappa shape index (κ1) is 96.3. The molecule has 0 bridgehead atoms. The van der Waals surface area contributed by atoms with E-state index < -0.39 is 185 Å². The predicted octanol–water partition coefficient (Wildman–Crippen LogP) is -13.8. The standard InChI is InChI=1S/2C7H15O6P.2C7H14O6.2C4H8O3.2C3H7O3P/c2*1-3(8)5(10)7(12)6(11)4(9)2-13-14;2*1-3(9)5(11)7(13)6(12)4(10)2-8;2*1-3(6)4(7)2-5;2*4-1-3(5)2-6-7/h2*3,5-8,10-12H,2,14H2,1H3;2*3,5-9,11-13H,2H2,1H3;2*2-4,6-7H,1H3;2*4H,1-2,7H2. The van der Waals surface area contributed by atoms with Gasteiger partial charge in [0.15, 0.2) is 47.3 Å². The summed E-state index contributed by atoms with van der Waals surface area (Å²) in [5, 5.41) is 210.